The molecule has 3 nitrogen and oxygen atoms in total. The number of rotatable bonds is 3. The van der Waals surface area contributed by atoms with Gasteiger partial charge in [-0.2, -0.15) is 0 Å². The Morgan fingerprint density at radius 1 is 1.64 bits per heavy atom. The maximum atomic E-state index is 11.0. The lowest BCUT2D eigenvalue weighted by Crippen LogP contribution is -2.46. The number of ether oxygens (including phenoxy) is 1. The molecular weight excluding hydrogens is 142 g/mol. The summed E-state index contributed by atoms with van der Waals surface area (Å²) in [5.41, 5.74) is 4.87. The fraction of sp³-hybridized carbons (Fsp3) is 0.875. The molecule has 0 amide bonds. The van der Waals surface area contributed by atoms with E-state index >= 15 is 0 Å². The van der Waals surface area contributed by atoms with Gasteiger partial charge in [0.05, 0.1) is 7.11 Å². The third kappa shape index (κ3) is 3.37. The van der Waals surface area contributed by atoms with Gasteiger partial charge >= 0.3 is 5.97 Å². The number of hydrogen-bond acceptors (Lipinski definition) is 3. The van der Waals surface area contributed by atoms with Crippen LogP contribution in [-0.4, -0.2) is 18.6 Å². The molecule has 3 heteroatoms. The molecule has 0 aromatic carbocycles. The van der Waals surface area contributed by atoms with Gasteiger partial charge in [0.25, 0.3) is 0 Å². The summed E-state index contributed by atoms with van der Waals surface area (Å²) in [4.78, 5) is 11.0. The smallest absolute Gasteiger partial charge is 0.325 e. The largest absolute Gasteiger partial charge is 0.468 e. The maximum absolute atomic E-state index is 11.0. The Balaban J connectivity index is 4.09. The summed E-state index contributed by atoms with van der Waals surface area (Å²) < 4.78 is 4.55. The Kier molecular flexibility index (Phi) is 3.52. The maximum Gasteiger partial charge on any atom is 0.325 e. The zero-order valence-corrected chi connectivity index (χ0v) is 7.68. The number of hydrogen-bond donors (Lipinski definition) is 1. The fourth-order valence-electron chi connectivity index (χ4n) is 1.16. The summed E-state index contributed by atoms with van der Waals surface area (Å²) in [6.45, 7) is 5.74. The van der Waals surface area contributed by atoms with Crippen LogP contribution in [-0.2, 0) is 9.53 Å². The quantitative estimate of drug-likeness (QED) is 0.623. The average Bonchev–Trinajstić information content (AvgIpc) is 1.83. The Morgan fingerprint density at radius 2 is 2.09 bits per heavy atom. The van der Waals surface area contributed by atoms with Crippen molar-refractivity contribution in [1.29, 1.82) is 0 Å². The van der Waals surface area contributed by atoms with E-state index in [1.165, 1.54) is 7.11 Å². The molecule has 0 aliphatic rings. The van der Waals surface area contributed by atoms with Crippen molar-refractivity contribution in [2.45, 2.75) is 32.7 Å². The minimum atomic E-state index is -0.830. The molecule has 0 saturated heterocycles. The van der Waals surface area contributed by atoms with Crippen LogP contribution in [0.15, 0.2) is 0 Å². The summed E-state index contributed by atoms with van der Waals surface area (Å²) >= 11 is 0. The van der Waals surface area contributed by atoms with Gasteiger partial charge in [-0.05, 0) is 19.3 Å². The van der Waals surface area contributed by atoms with Crippen LogP contribution in [0.25, 0.3) is 0 Å². The molecular formula is C8H17NO2. The standard InChI is InChI=1S/C8H17NO2/c1-6(2)5-8(3,9)7(10)11-4/h6H,5,9H2,1-4H3. The van der Waals surface area contributed by atoms with E-state index < -0.39 is 5.54 Å². The average molecular weight is 159 g/mol. The number of nitrogens with two attached hydrogens (primary N) is 1. The van der Waals surface area contributed by atoms with Crippen LogP contribution in [0.1, 0.15) is 27.2 Å². The van der Waals surface area contributed by atoms with E-state index in [0.29, 0.717) is 12.3 Å². The van der Waals surface area contributed by atoms with Gasteiger partial charge in [0.1, 0.15) is 5.54 Å². The summed E-state index contributed by atoms with van der Waals surface area (Å²) in [6.07, 6.45) is 0.652. The van der Waals surface area contributed by atoms with Crippen molar-refractivity contribution in [3.63, 3.8) is 0 Å². The van der Waals surface area contributed by atoms with Crippen LogP contribution in [0.5, 0.6) is 0 Å². The monoisotopic (exact) mass is 159 g/mol. The first-order chi connectivity index (χ1) is 4.90. The third-order valence-electron chi connectivity index (χ3n) is 1.48. The summed E-state index contributed by atoms with van der Waals surface area (Å²) in [5.74, 6) is 0.0651. The second-order valence-corrected chi connectivity index (χ2v) is 3.51. The number of carbonyl (C=O) groups excluding carboxylic acids is 1. The van der Waals surface area contributed by atoms with Crippen LogP contribution in [0.4, 0.5) is 0 Å². The van der Waals surface area contributed by atoms with E-state index in [4.69, 9.17) is 5.73 Å². The lowest BCUT2D eigenvalue weighted by Gasteiger charge is -2.22. The molecule has 1 unspecified atom stereocenters. The first-order valence-electron chi connectivity index (χ1n) is 3.77. The van der Waals surface area contributed by atoms with Gasteiger partial charge in [-0.1, -0.05) is 13.8 Å². The van der Waals surface area contributed by atoms with Gasteiger partial charge < -0.3 is 10.5 Å². The van der Waals surface area contributed by atoms with Gasteiger partial charge in [0.2, 0.25) is 0 Å². The minimum absolute atomic E-state index is 0.341. The van der Waals surface area contributed by atoms with Crippen molar-refractivity contribution >= 4 is 5.97 Å². The van der Waals surface area contributed by atoms with Gasteiger partial charge in [0.15, 0.2) is 0 Å². The second kappa shape index (κ2) is 3.72. The van der Waals surface area contributed by atoms with E-state index in [1.54, 1.807) is 6.92 Å². The molecule has 0 aromatic heterocycles. The van der Waals surface area contributed by atoms with Crippen molar-refractivity contribution in [1.82, 2.24) is 0 Å². The molecule has 2 N–H and O–H groups in total. The third-order valence-corrected chi connectivity index (χ3v) is 1.48. The fourth-order valence-corrected chi connectivity index (χ4v) is 1.16. The molecule has 0 saturated carbocycles. The predicted molar refractivity (Wildman–Crippen MR) is 44.1 cm³/mol. The summed E-state index contributed by atoms with van der Waals surface area (Å²) in [5, 5.41) is 0. The lowest BCUT2D eigenvalue weighted by atomic mass is 9.92. The van der Waals surface area contributed by atoms with E-state index in [9.17, 15) is 4.79 Å². The Morgan fingerprint density at radius 3 is 2.36 bits per heavy atom. The highest BCUT2D eigenvalue weighted by Gasteiger charge is 2.29. The molecule has 11 heavy (non-hydrogen) atoms. The number of esters is 1. The van der Waals surface area contributed by atoms with Crippen LogP contribution < -0.4 is 5.73 Å². The van der Waals surface area contributed by atoms with Crippen LogP contribution in [0, 0.1) is 5.92 Å². The molecule has 0 aliphatic carbocycles. The van der Waals surface area contributed by atoms with Crippen LogP contribution in [0.2, 0.25) is 0 Å². The van der Waals surface area contributed by atoms with Gasteiger partial charge in [-0.15, -0.1) is 0 Å². The number of carbonyl (C=O) groups is 1. The molecule has 0 spiro atoms. The van der Waals surface area contributed by atoms with E-state index in [2.05, 4.69) is 4.74 Å². The Bertz CT molecular complexity index is 141. The first-order valence-corrected chi connectivity index (χ1v) is 3.77. The van der Waals surface area contributed by atoms with Crippen molar-refractivity contribution in [3.8, 4) is 0 Å². The summed E-state index contributed by atoms with van der Waals surface area (Å²) in [6, 6.07) is 0. The van der Waals surface area contributed by atoms with E-state index in [-0.39, 0.29) is 5.97 Å². The van der Waals surface area contributed by atoms with E-state index in [0.717, 1.165) is 0 Å². The van der Waals surface area contributed by atoms with Crippen molar-refractivity contribution < 1.29 is 9.53 Å². The van der Waals surface area contributed by atoms with Crippen molar-refractivity contribution in [2.75, 3.05) is 7.11 Å². The molecule has 1 atom stereocenters. The SMILES string of the molecule is COC(=O)C(C)(N)CC(C)C. The minimum Gasteiger partial charge on any atom is -0.468 e. The molecule has 0 rings (SSSR count). The van der Waals surface area contributed by atoms with Crippen LogP contribution >= 0.6 is 0 Å². The normalized spacial score (nSPS) is 16.2. The highest BCUT2D eigenvalue weighted by atomic mass is 16.5. The molecule has 0 radical (unpaired) electrons. The molecule has 0 fully saturated rings. The highest BCUT2D eigenvalue weighted by Crippen LogP contribution is 2.14. The molecule has 0 aliphatic heterocycles. The molecule has 0 heterocycles. The zero-order chi connectivity index (χ0) is 9.07. The van der Waals surface area contributed by atoms with Gasteiger partial charge in [0, 0.05) is 0 Å². The van der Waals surface area contributed by atoms with Crippen LogP contribution in [0.3, 0.4) is 0 Å². The number of methoxy groups -OCH3 is 1. The van der Waals surface area contributed by atoms with E-state index in [1.807, 2.05) is 13.8 Å². The summed E-state index contributed by atoms with van der Waals surface area (Å²) in [7, 11) is 1.35. The Labute approximate surface area is 67.9 Å². The second-order valence-electron chi connectivity index (χ2n) is 3.51. The molecule has 66 valence electrons. The van der Waals surface area contributed by atoms with Gasteiger partial charge in [-0.25, -0.2) is 0 Å². The van der Waals surface area contributed by atoms with Crippen molar-refractivity contribution in [2.24, 2.45) is 11.7 Å². The Hall–Kier alpha value is -0.570. The van der Waals surface area contributed by atoms with Gasteiger partial charge in [-0.3, -0.25) is 4.79 Å². The van der Waals surface area contributed by atoms with Crippen molar-refractivity contribution in [3.05, 3.63) is 0 Å². The molecule has 0 bridgehead atoms. The zero-order valence-electron chi connectivity index (χ0n) is 7.68. The predicted octanol–water partition coefficient (Wildman–Crippen LogP) is 0.923. The molecule has 0 aromatic rings. The first kappa shape index (κ1) is 10.4. The highest BCUT2D eigenvalue weighted by molar-refractivity contribution is 5.79. The topological polar surface area (TPSA) is 52.3 Å². The lowest BCUT2D eigenvalue weighted by molar-refractivity contribution is -0.147.